The van der Waals surface area contributed by atoms with E-state index in [-0.39, 0.29) is 11.3 Å². The minimum absolute atomic E-state index is 0.0175. The van der Waals surface area contributed by atoms with Gasteiger partial charge in [0.05, 0.1) is 3.79 Å². The van der Waals surface area contributed by atoms with E-state index in [1.54, 1.807) is 16.2 Å². The summed E-state index contributed by atoms with van der Waals surface area (Å²) < 4.78 is 1.11. The van der Waals surface area contributed by atoms with Crippen LogP contribution in [-0.2, 0) is 11.2 Å². The average Bonchev–Trinajstić information content (AvgIpc) is 2.71. The van der Waals surface area contributed by atoms with Crippen LogP contribution in [0, 0.1) is 5.41 Å². The molecule has 0 aliphatic rings. The van der Waals surface area contributed by atoms with Gasteiger partial charge in [-0.1, -0.05) is 13.8 Å². The maximum absolute atomic E-state index is 12.0. The van der Waals surface area contributed by atoms with E-state index >= 15 is 0 Å². The first-order valence-corrected chi connectivity index (χ1v) is 7.63. The van der Waals surface area contributed by atoms with Crippen LogP contribution in [0.15, 0.2) is 15.9 Å². The molecular weight excluding hydrogens is 312 g/mol. The quantitative estimate of drug-likeness (QED) is 0.870. The molecule has 0 spiro atoms. The molecule has 1 aromatic heterocycles. The van der Waals surface area contributed by atoms with Gasteiger partial charge < -0.3 is 10.6 Å². The molecule has 0 radical (unpaired) electrons. The van der Waals surface area contributed by atoms with Crippen molar-refractivity contribution in [3.8, 4) is 0 Å². The molecule has 0 bridgehead atoms. The lowest BCUT2D eigenvalue weighted by Crippen LogP contribution is -2.39. The topological polar surface area (TPSA) is 46.3 Å². The van der Waals surface area contributed by atoms with Gasteiger partial charge in [-0.2, -0.15) is 0 Å². The number of carbonyl (C=O) groups is 1. The highest BCUT2D eigenvalue weighted by Gasteiger charge is 2.20. The molecule has 18 heavy (non-hydrogen) atoms. The molecule has 3 nitrogen and oxygen atoms in total. The van der Waals surface area contributed by atoms with Crippen molar-refractivity contribution in [1.29, 1.82) is 0 Å². The second-order valence-electron chi connectivity index (χ2n) is 5.32. The highest BCUT2D eigenvalue weighted by Crippen LogP contribution is 2.23. The molecule has 0 aromatic carbocycles. The van der Waals surface area contributed by atoms with E-state index in [9.17, 15) is 4.79 Å². The van der Waals surface area contributed by atoms with Gasteiger partial charge in [0.2, 0.25) is 5.91 Å². The number of nitrogens with zero attached hydrogens (tertiary/aromatic N) is 1. The minimum atomic E-state index is -0.0175. The van der Waals surface area contributed by atoms with Gasteiger partial charge in [-0.15, -0.1) is 11.3 Å². The predicted molar refractivity (Wildman–Crippen MR) is 80.8 cm³/mol. The number of hydrogen-bond acceptors (Lipinski definition) is 3. The zero-order chi connectivity index (χ0) is 13.8. The SMILES string of the molecule is CN(CC(C)(C)CN)C(=O)CCc1ccc(Br)s1. The molecule has 0 fully saturated rings. The average molecular weight is 333 g/mol. The Morgan fingerprint density at radius 3 is 2.67 bits per heavy atom. The van der Waals surface area contributed by atoms with Crippen LogP contribution in [0.25, 0.3) is 0 Å². The summed E-state index contributed by atoms with van der Waals surface area (Å²) in [6.45, 7) is 5.44. The number of carbonyl (C=O) groups excluding carboxylic acids is 1. The second kappa shape index (κ2) is 6.68. The third-order valence-electron chi connectivity index (χ3n) is 2.86. The van der Waals surface area contributed by atoms with Gasteiger partial charge >= 0.3 is 0 Å². The van der Waals surface area contributed by atoms with Crippen LogP contribution in [0.2, 0.25) is 0 Å². The van der Waals surface area contributed by atoms with Crippen LogP contribution in [0.4, 0.5) is 0 Å². The van der Waals surface area contributed by atoms with Gasteiger partial charge in [-0.3, -0.25) is 4.79 Å². The summed E-state index contributed by atoms with van der Waals surface area (Å²) in [5.74, 6) is 0.182. The minimum Gasteiger partial charge on any atom is -0.345 e. The lowest BCUT2D eigenvalue weighted by Gasteiger charge is -2.29. The van der Waals surface area contributed by atoms with Gasteiger partial charge in [0, 0.05) is 24.9 Å². The Morgan fingerprint density at radius 1 is 1.50 bits per heavy atom. The molecule has 1 amide bonds. The zero-order valence-corrected chi connectivity index (χ0v) is 13.6. The maximum atomic E-state index is 12.0. The van der Waals surface area contributed by atoms with Crippen molar-refractivity contribution in [2.45, 2.75) is 26.7 Å². The Balaban J connectivity index is 2.41. The van der Waals surface area contributed by atoms with Gasteiger partial charge in [0.25, 0.3) is 0 Å². The van der Waals surface area contributed by atoms with Crippen molar-refractivity contribution < 1.29 is 4.79 Å². The Morgan fingerprint density at radius 2 is 2.17 bits per heavy atom. The Bertz CT molecular complexity index is 403. The number of rotatable bonds is 6. The van der Waals surface area contributed by atoms with Crippen molar-refractivity contribution in [2.75, 3.05) is 20.1 Å². The number of aryl methyl sites for hydroxylation is 1. The van der Waals surface area contributed by atoms with Crippen LogP contribution in [0.5, 0.6) is 0 Å². The molecule has 0 unspecified atom stereocenters. The molecule has 0 atom stereocenters. The van der Waals surface area contributed by atoms with Crippen LogP contribution < -0.4 is 5.73 Å². The van der Waals surface area contributed by atoms with Gasteiger partial charge in [0.15, 0.2) is 0 Å². The third kappa shape index (κ3) is 5.08. The number of hydrogen-bond donors (Lipinski definition) is 1. The zero-order valence-electron chi connectivity index (χ0n) is 11.2. The van der Waals surface area contributed by atoms with Crippen LogP contribution in [0.3, 0.4) is 0 Å². The summed E-state index contributed by atoms with van der Waals surface area (Å²) in [7, 11) is 1.85. The van der Waals surface area contributed by atoms with Crippen LogP contribution in [0.1, 0.15) is 25.1 Å². The van der Waals surface area contributed by atoms with Crippen LogP contribution in [-0.4, -0.2) is 30.9 Å². The van der Waals surface area contributed by atoms with Crippen molar-refractivity contribution in [2.24, 2.45) is 11.1 Å². The van der Waals surface area contributed by atoms with Crippen molar-refractivity contribution >= 4 is 33.2 Å². The molecule has 5 heteroatoms. The summed E-state index contributed by atoms with van der Waals surface area (Å²) >= 11 is 5.11. The normalized spacial score (nSPS) is 11.6. The maximum Gasteiger partial charge on any atom is 0.222 e. The smallest absolute Gasteiger partial charge is 0.222 e. The third-order valence-corrected chi connectivity index (χ3v) is 4.54. The molecule has 0 saturated heterocycles. The van der Waals surface area contributed by atoms with E-state index in [1.165, 1.54) is 4.88 Å². The Hall–Kier alpha value is -0.390. The number of nitrogens with two attached hydrogens (primary N) is 1. The molecule has 1 rings (SSSR count). The number of amides is 1. The fourth-order valence-corrected chi connectivity index (χ4v) is 3.18. The predicted octanol–water partition coefficient (Wildman–Crippen LogP) is 2.89. The van der Waals surface area contributed by atoms with E-state index in [1.807, 2.05) is 13.1 Å². The molecular formula is C13H21BrN2OS. The number of halogens is 1. The summed E-state index contributed by atoms with van der Waals surface area (Å²) in [5.41, 5.74) is 5.66. The van der Waals surface area contributed by atoms with E-state index in [2.05, 4.69) is 35.8 Å². The highest BCUT2D eigenvalue weighted by molar-refractivity contribution is 9.11. The molecule has 102 valence electrons. The van der Waals surface area contributed by atoms with E-state index in [4.69, 9.17) is 5.73 Å². The summed E-state index contributed by atoms with van der Waals surface area (Å²) in [6.07, 6.45) is 1.37. The molecule has 1 heterocycles. The summed E-state index contributed by atoms with van der Waals surface area (Å²) in [6, 6.07) is 4.08. The monoisotopic (exact) mass is 332 g/mol. The van der Waals surface area contributed by atoms with Crippen molar-refractivity contribution in [1.82, 2.24) is 4.90 Å². The molecule has 2 N–H and O–H groups in total. The molecule has 0 aliphatic heterocycles. The second-order valence-corrected chi connectivity index (χ2v) is 7.87. The standard InChI is InChI=1S/C13H21BrN2OS/c1-13(2,8-15)9-16(3)12(17)7-5-10-4-6-11(14)18-10/h4,6H,5,7-9,15H2,1-3H3. The van der Waals surface area contributed by atoms with Gasteiger partial charge in [-0.05, 0) is 46.4 Å². The highest BCUT2D eigenvalue weighted by atomic mass is 79.9. The Labute approximate surface area is 121 Å². The van der Waals surface area contributed by atoms with Crippen LogP contribution >= 0.6 is 27.3 Å². The Kier molecular flexibility index (Phi) is 5.82. The van der Waals surface area contributed by atoms with E-state index < -0.39 is 0 Å². The number of thiophene rings is 1. The van der Waals surface area contributed by atoms with Crippen molar-refractivity contribution in [3.63, 3.8) is 0 Å². The van der Waals surface area contributed by atoms with Gasteiger partial charge in [-0.25, -0.2) is 0 Å². The summed E-state index contributed by atoms with van der Waals surface area (Å²) in [4.78, 5) is 15.0. The first-order chi connectivity index (χ1) is 8.34. The summed E-state index contributed by atoms with van der Waals surface area (Å²) in [5, 5.41) is 0. The van der Waals surface area contributed by atoms with E-state index in [0.29, 0.717) is 19.5 Å². The fourth-order valence-electron chi connectivity index (χ4n) is 1.70. The molecule has 0 aliphatic carbocycles. The first-order valence-electron chi connectivity index (χ1n) is 6.02. The molecule has 0 saturated carbocycles. The lowest BCUT2D eigenvalue weighted by molar-refractivity contribution is -0.131. The van der Waals surface area contributed by atoms with Crippen molar-refractivity contribution in [3.05, 3.63) is 20.8 Å². The largest absolute Gasteiger partial charge is 0.345 e. The van der Waals surface area contributed by atoms with E-state index in [0.717, 1.165) is 10.2 Å². The lowest BCUT2D eigenvalue weighted by atomic mass is 9.93. The fraction of sp³-hybridized carbons (Fsp3) is 0.615. The first kappa shape index (κ1) is 15.7. The molecule has 1 aromatic rings. The van der Waals surface area contributed by atoms with Gasteiger partial charge in [0.1, 0.15) is 0 Å².